The summed E-state index contributed by atoms with van der Waals surface area (Å²) in [6, 6.07) is 12.4. The third-order valence-corrected chi connectivity index (χ3v) is 3.92. The van der Waals surface area contributed by atoms with E-state index in [-0.39, 0.29) is 5.78 Å². The zero-order valence-corrected chi connectivity index (χ0v) is 11.2. The molecule has 2 aromatic rings. The minimum absolute atomic E-state index is 0.0869. The van der Waals surface area contributed by atoms with Crippen molar-refractivity contribution in [3.05, 3.63) is 70.8 Å². The molecule has 1 nitrogen and oxygen atoms in total. The molecule has 1 aliphatic carbocycles. The zero-order chi connectivity index (χ0) is 15.0. The number of rotatable bonds is 1. The van der Waals surface area contributed by atoms with E-state index >= 15 is 0 Å². The predicted molar refractivity (Wildman–Crippen MR) is 73.3 cm³/mol. The molecular weight excluding hydrogens is 277 g/mol. The molecule has 0 N–H and O–H groups in total. The van der Waals surface area contributed by atoms with Crippen LogP contribution in [-0.2, 0) is 12.6 Å². The van der Waals surface area contributed by atoms with Crippen molar-refractivity contribution < 1.29 is 18.0 Å². The summed E-state index contributed by atoms with van der Waals surface area (Å²) in [7, 11) is 0. The van der Waals surface area contributed by atoms with Crippen molar-refractivity contribution >= 4 is 5.78 Å². The lowest BCUT2D eigenvalue weighted by molar-refractivity contribution is -0.137. The largest absolute Gasteiger partial charge is 0.416 e. The van der Waals surface area contributed by atoms with Crippen LogP contribution in [0, 0.1) is 0 Å². The Labute approximate surface area is 120 Å². The summed E-state index contributed by atoms with van der Waals surface area (Å²) in [6.45, 7) is 0. The Kier molecular flexibility index (Phi) is 3.32. The Bertz CT molecular complexity index is 688. The Morgan fingerprint density at radius 3 is 2.52 bits per heavy atom. The maximum absolute atomic E-state index is 12.8. The minimum atomic E-state index is -4.38. The lowest BCUT2D eigenvalue weighted by Gasteiger charge is -2.24. The molecule has 0 heterocycles. The van der Waals surface area contributed by atoms with Crippen LogP contribution in [0.4, 0.5) is 13.2 Å². The van der Waals surface area contributed by atoms with Gasteiger partial charge < -0.3 is 0 Å². The molecule has 0 spiro atoms. The second-order valence-electron chi connectivity index (χ2n) is 5.24. The summed E-state index contributed by atoms with van der Waals surface area (Å²) in [5.74, 6) is -0.571. The summed E-state index contributed by atoms with van der Waals surface area (Å²) in [6.07, 6.45) is -3.12. The van der Waals surface area contributed by atoms with E-state index in [0.29, 0.717) is 24.0 Å². The molecule has 1 aliphatic rings. The predicted octanol–water partition coefficient (Wildman–Crippen LogP) is 4.62. The third-order valence-electron chi connectivity index (χ3n) is 3.92. The van der Waals surface area contributed by atoms with Gasteiger partial charge in [-0.1, -0.05) is 42.5 Å². The van der Waals surface area contributed by atoms with Crippen molar-refractivity contribution in [3.63, 3.8) is 0 Å². The molecule has 2 aromatic carbocycles. The van der Waals surface area contributed by atoms with Gasteiger partial charge in [-0.25, -0.2) is 0 Å². The number of halogens is 3. The maximum atomic E-state index is 12.8. The molecule has 1 atom stereocenters. The van der Waals surface area contributed by atoms with Gasteiger partial charge in [0.2, 0.25) is 0 Å². The molecule has 0 fully saturated rings. The van der Waals surface area contributed by atoms with Crippen LogP contribution in [0.1, 0.15) is 39.4 Å². The number of hydrogen-bond donors (Lipinski definition) is 0. The molecule has 0 saturated heterocycles. The number of hydrogen-bond acceptors (Lipinski definition) is 1. The zero-order valence-electron chi connectivity index (χ0n) is 11.2. The number of aryl methyl sites for hydroxylation is 1. The first-order valence-corrected chi connectivity index (χ1v) is 6.76. The summed E-state index contributed by atoms with van der Waals surface area (Å²) in [4.78, 5) is 12.5. The smallest absolute Gasteiger partial charge is 0.293 e. The maximum Gasteiger partial charge on any atom is 0.416 e. The van der Waals surface area contributed by atoms with Gasteiger partial charge in [0.15, 0.2) is 5.78 Å². The lowest BCUT2D eigenvalue weighted by Crippen LogP contribution is -2.21. The first-order chi connectivity index (χ1) is 9.97. The van der Waals surface area contributed by atoms with Gasteiger partial charge in [-0.15, -0.1) is 0 Å². The van der Waals surface area contributed by atoms with E-state index in [1.807, 2.05) is 12.1 Å². The Balaban J connectivity index is 1.98. The van der Waals surface area contributed by atoms with Crippen LogP contribution in [0.5, 0.6) is 0 Å². The molecule has 0 amide bonds. The Hall–Kier alpha value is -2.10. The molecule has 0 unspecified atom stereocenters. The molecule has 21 heavy (non-hydrogen) atoms. The number of Topliss-reactive ketones (excluding diaryl/α,β-unsaturated/α-hetero) is 1. The molecule has 0 saturated carbocycles. The minimum Gasteiger partial charge on any atom is -0.293 e. The highest BCUT2D eigenvalue weighted by Gasteiger charge is 2.33. The molecule has 4 heteroatoms. The van der Waals surface area contributed by atoms with Crippen molar-refractivity contribution in [1.29, 1.82) is 0 Å². The first-order valence-electron chi connectivity index (χ1n) is 6.76. The monoisotopic (exact) mass is 290 g/mol. The summed E-state index contributed by atoms with van der Waals surface area (Å²) < 4.78 is 38.4. The van der Waals surface area contributed by atoms with E-state index in [0.717, 1.165) is 17.7 Å². The number of ketones is 1. The van der Waals surface area contributed by atoms with Crippen LogP contribution in [0.25, 0.3) is 0 Å². The highest BCUT2D eigenvalue weighted by atomic mass is 19.4. The normalized spacial score (nSPS) is 18.4. The van der Waals surface area contributed by atoms with Gasteiger partial charge in [-0.05, 0) is 30.0 Å². The molecule has 0 radical (unpaired) electrons. The highest BCUT2D eigenvalue weighted by molar-refractivity contribution is 6.03. The molecule has 3 rings (SSSR count). The lowest BCUT2D eigenvalue weighted by atomic mass is 9.79. The standard InChI is InChI=1S/C17H13F3O/c18-17(19,20)13-6-3-5-12(10-13)15-9-8-11-4-1-2-7-14(11)16(15)21/h1-7,10,15H,8-9H2/t15-/m1/s1. The van der Waals surface area contributed by atoms with Crippen LogP contribution in [0.15, 0.2) is 48.5 Å². The molecule has 0 aromatic heterocycles. The number of carbonyl (C=O) groups excluding carboxylic acids is 1. The van der Waals surface area contributed by atoms with Crippen LogP contribution < -0.4 is 0 Å². The highest BCUT2D eigenvalue weighted by Crippen LogP contribution is 2.36. The van der Waals surface area contributed by atoms with Crippen molar-refractivity contribution in [2.45, 2.75) is 24.9 Å². The average molecular weight is 290 g/mol. The quantitative estimate of drug-likeness (QED) is 0.749. The topological polar surface area (TPSA) is 17.1 Å². The fourth-order valence-electron chi connectivity index (χ4n) is 2.85. The van der Waals surface area contributed by atoms with Gasteiger partial charge in [0.25, 0.3) is 0 Å². The van der Waals surface area contributed by atoms with Crippen LogP contribution in [0.3, 0.4) is 0 Å². The average Bonchev–Trinajstić information content (AvgIpc) is 2.47. The van der Waals surface area contributed by atoms with Crippen molar-refractivity contribution in [2.24, 2.45) is 0 Å². The van der Waals surface area contributed by atoms with Crippen molar-refractivity contribution in [2.75, 3.05) is 0 Å². The van der Waals surface area contributed by atoms with Gasteiger partial charge in [0, 0.05) is 11.5 Å². The number of benzene rings is 2. The van der Waals surface area contributed by atoms with E-state index < -0.39 is 17.7 Å². The Morgan fingerprint density at radius 1 is 1.00 bits per heavy atom. The third kappa shape index (κ3) is 2.58. The van der Waals surface area contributed by atoms with Gasteiger partial charge >= 0.3 is 6.18 Å². The van der Waals surface area contributed by atoms with E-state index in [9.17, 15) is 18.0 Å². The summed E-state index contributed by atoms with van der Waals surface area (Å²) >= 11 is 0. The van der Waals surface area contributed by atoms with Gasteiger partial charge in [0.1, 0.15) is 0 Å². The first kappa shape index (κ1) is 13.9. The Morgan fingerprint density at radius 2 is 1.76 bits per heavy atom. The summed E-state index contributed by atoms with van der Waals surface area (Å²) in [5.41, 5.74) is 1.35. The van der Waals surface area contributed by atoms with E-state index in [1.165, 1.54) is 6.07 Å². The second kappa shape index (κ2) is 5.02. The molecular formula is C17H13F3O. The van der Waals surface area contributed by atoms with Crippen molar-refractivity contribution in [3.8, 4) is 0 Å². The molecule has 0 aliphatic heterocycles. The van der Waals surface area contributed by atoms with Crippen LogP contribution in [0.2, 0.25) is 0 Å². The fourth-order valence-corrected chi connectivity index (χ4v) is 2.85. The second-order valence-corrected chi connectivity index (χ2v) is 5.24. The van der Waals surface area contributed by atoms with Crippen LogP contribution in [-0.4, -0.2) is 5.78 Å². The van der Waals surface area contributed by atoms with Crippen LogP contribution >= 0.6 is 0 Å². The van der Waals surface area contributed by atoms with E-state index in [1.54, 1.807) is 18.2 Å². The summed E-state index contributed by atoms with van der Waals surface area (Å²) in [5, 5.41) is 0. The fraction of sp³-hybridized carbons (Fsp3) is 0.235. The number of fused-ring (bicyclic) bond motifs is 1. The number of carbonyl (C=O) groups is 1. The van der Waals surface area contributed by atoms with E-state index in [4.69, 9.17) is 0 Å². The van der Waals surface area contributed by atoms with Gasteiger partial charge in [-0.3, -0.25) is 4.79 Å². The SMILES string of the molecule is O=C1c2ccccc2CC[C@@H]1c1cccc(C(F)(F)F)c1. The molecule has 108 valence electrons. The van der Waals surface area contributed by atoms with Gasteiger partial charge in [0.05, 0.1) is 5.56 Å². The van der Waals surface area contributed by atoms with E-state index in [2.05, 4.69) is 0 Å². The molecule has 0 bridgehead atoms. The van der Waals surface area contributed by atoms with Gasteiger partial charge in [-0.2, -0.15) is 13.2 Å². The van der Waals surface area contributed by atoms with Crippen molar-refractivity contribution in [1.82, 2.24) is 0 Å². The number of alkyl halides is 3.